The first-order chi connectivity index (χ1) is 10.3. The van der Waals surface area contributed by atoms with Gasteiger partial charge < -0.3 is 0 Å². The van der Waals surface area contributed by atoms with Gasteiger partial charge in [0, 0.05) is 11.4 Å². The van der Waals surface area contributed by atoms with Crippen LogP contribution < -0.4 is 4.90 Å². The Bertz CT molecular complexity index is 594. The molecule has 0 spiro atoms. The lowest BCUT2D eigenvalue weighted by Crippen LogP contribution is -2.42. The van der Waals surface area contributed by atoms with Crippen molar-refractivity contribution in [2.75, 3.05) is 4.90 Å². The van der Waals surface area contributed by atoms with E-state index in [0.29, 0.717) is 16.5 Å². The molecule has 2 aromatic rings. The van der Waals surface area contributed by atoms with Gasteiger partial charge >= 0.3 is 0 Å². The molecule has 110 valence electrons. The quantitative estimate of drug-likeness (QED) is 0.852. The minimum Gasteiger partial charge on any atom is -0.288 e. The summed E-state index contributed by atoms with van der Waals surface area (Å²) in [4.78, 5) is 14.6. The van der Waals surface area contributed by atoms with E-state index >= 15 is 0 Å². The molecule has 6 heteroatoms. The Morgan fingerprint density at radius 3 is 2.62 bits per heavy atom. The van der Waals surface area contributed by atoms with E-state index in [1.165, 1.54) is 17.8 Å². The minimum atomic E-state index is -0.000211. The van der Waals surface area contributed by atoms with Crippen molar-refractivity contribution in [3.8, 4) is 0 Å². The monoisotopic (exact) mass is 321 g/mol. The maximum absolute atomic E-state index is 12.8. The molecule has 0 aliphatic heterocycles. The van der Waals surface area contributed by atoms with E-state index in [0.717, 1.165) is 25.7 Å². The van der Waals surface area contributed by atoms with Gasteiger partial charge in [0.25, 0.3) is 5.91 Å². The van der Waals surface area contributed by atoms with E-state index in [9.17, 15) is 4.79 Å². The first-order valence-corrected chi connectivity index (χ1v) is 8.43. The molecular weight excluding hydrogens is 306 g/mol. The van der Waals surface area contributed by atoms with E-state index in [1.807, 2.05) is 16.8 Å². The van der Waals surface area contributed by atoms with Crippen LogP contribution in [-0.4, -0.2) is 22.1 Å². The molecule has 1 amide bonds. The summed E-state index contributed by atoms with van der Waals surface area (Å²) in [6, 6.07) is 5.50. The molecule has 1 fully saturated rings. The van der Waals surface area contributed by atoms with Crippen molar-refractivity contribution in [1.82, 2.24) is 10.2 Å². The van der Waals surface area contributed by atoms with Crippen LogP contribution in [-0.2, 0) is 0 Å². The van der Waals surface area contributed by atoms with Gasteiger partial charge in [0.2, 0.25) is 0 Å². The SMILES string of the molecule is O=C(c1ccsc1)N(c1ccc(Cl)nn1)C1CCCCC1. The molecule has 21 heavy (non-hydrogen) atoms. The number of nitrogens with zero attached hydrogens (tertiary/aromatic N) is 3. The molecule has 0 saturated heterocycles. The molecule has 0 N–H and O–H groups in total. The maximum Gasteiger partial charge on any atom is 0.260 e. The molecule has 3 rings (SSSR count). The van der Waals surface area contributed by atoms with Crippen molar-refractivity contribution < 1.29 is 4.79 Å². The molecule has 2 heterocycles. The van der Waals surface area contributed by atoms with Gasteiger partial charge in [-0.3, -0.25) is 9.69 Å². The first kappa shape index (κ1) is 14.5. The van der Waals surface area contributed by atoms with Crippen LogP contribution in [0.25, 0.3) is 0 Å². The molecule has 2 aromatic heterocycles. The van der Waals surface area contributed by atoms with Gasteiger partial charge in [0.15, 0.2) is 11.0 Å². The third-order valence-corrected chi connectivity index (χ3v) is 4.68. The van der Waals surface area contributed by atoms with Crippen LogP contribution in [0.15, 0.2) is 29.0 Å². The Kier molecular flexibility index (Phi) is 4.51. The molecule has 1 saturated carbocycles. The van der Waals surface area contributed by atoms with E-state index in [4.69, 9.17) is 11.6 Å². The predicted molar refractivity (Wildman–Crippen MR) is 85.0 cm³/mol. The summed E-state index contributed by atoms with van der Waals surface area (Å²) in [5.74, 6) is 0.585. The van der Waals surface area contributed by atoms with Crippen molar-refractivity contribution in [1.29, 1.82) is 0 Å². The highest BCUT2D eigenvalue weighted by Gasteiger charge is 2.29. The highest BCUT2D eigenvalue weighted by molar-refractivity contribution is 7.08. The Morgan fingerprint density at radius 1 is 1.19 bits per heavy atom. The van der Waals surface area contributed by atoms with Crippen molar-refractivity contribution in [3.05, 3.63) is 39.7 Å². The lowest BCUT2D eigenvalue weighted by Gasteiger charge is -2.33. The van der Waals surface area contributed by atoms with Gasteiger partial charge in [-0.05, 0) is 36.4 Å². The molecule has 0 aromatic carbocycles. The number of anilines is 1. The van der Waals surface area contributed by atoms with E-state index in [-0.39, 0.29) is 11.9 Å². The second kappa shape index (κ2) is 6.54. The molecular formula is C15H16ClN3OS. The number of aromatic nitrogens is 2. The van der Waals surface area contributed by atoms with Crippen LogP contribution in [0.2, 0.25) is 5.15 Å². The lowest BCUT2D eigenvalue weighted by molar-refractivity contribution is 0.0970. The van der Waals surface area contributed by atoms with Crippen molar-refractivity contribution in [3.63, 3.8) is 0 Å². The van der Waals surface area contributed by atoms with E-state index in [2.05, 4.69) is 10.2 Å². The second-order valence-corrected chi connectivity index (χ2v) is 6.36. The van der Waals surface area contributed by atoms with E-state index in [1.54, 1.807) is 17.0 Å². The summed E-state index contributed by atoms with van der Waals surface area (Å²) in [6.07, 6.45) is 5.57. The highest BCUT2D eigenvalue weighted by Crippen LogP contribution is 2.28. The third-order valence-electron chi connectivity index (χ3n) is 3.79. The van der Waals surface area contributed by atoms with Crippen LogP contribution in [0.3, 0.4) is 0 Å². The largest absolute Gasteiger partial charge is 0.288 e. The Morgan fingerprint density at radius 2 is 2.00 bits per heavy atom. The lowest BCUT2D eigenvalue weighted by atomic mass is 9.94. The molecule has 0 radical (unpaired) electrons. The van der Waals surface area contributed by atoms with Crippen LogP contribution in [0.1, 0.15) is 42.5 Å². The third kappa shape index (κ3) is 3.24. The molecule has 1 aliphatic carbocycles. The van der Waals surface area contributed by atoms with Crippen molar-refractivity contribution in [2.24, 2.45) is 0 Å². The number of amides is 1. The smallest absolute Gasteiger partial charge is 0.260 e. The Balaban J connectivity index is 1.93. The zero-order chi connectivity index (χ0) is 14.7. The second-order valence-electron chi connectivity index (χ2n) is 5.19. The van der Waals surface area contributed by atoms with Crippen molar-refractivity contribution in [2.45, 2.75) is 38.1 Å². The average Bonchev–Trinajstić information content (AvgIpc) is 3.05. The summed E-state index contributed by atoms with van der Waals surface area (Å²) in [7, 11) is 0. The zero-order valence-electron chi connectivity index (χ0n) is 11.5. The van der Waals surface area contributed by atoms with Gasteiger partial charge in [0.05, 0.1) is 5.56 Å². The van der Waals surface area contributed by atoms with E-state index < -0.39 is 0 Å². The van der Waals surface area contributed by atoms with Crippen LogP contribution in [0.5, 0.6) is 0 Å². The fourth-order valence-electron chi connectivity index (χ4n) is 2.76. The van der Waals surface area contributed by atoms with Crippen LogP contribution >= 0.6 is 22.9 Å². The summed E-state index contributed by atoms with van der Waals surface area (Å²) >= 11 is 7.33. The van der Waals surface area contributed by atoms with Crippen molar-refractivity contribution >= 4 is 34.7 Å². The van der Waals surface area contributed by atoms with Gasteiger partial charge in [0.1, 0.15) is 0 Å². The number of rotatable bonds is 3. The standard InChI is InChI=1S/C15H16ClN3OS/c16-13-6-7-14(18-17-13)19(12-4-2-1-3-5-12)15(20)11-8-9-21-10-11/h6-10,12H,1-5H2. The fourth-order valence-corrected chi connectivity index (χ4v) is 3.49. The summed E-state index contributed by atoms with van der Waals surface area (Å²) in [5.41, 5.74) is 0.710. The minimum absolute atomic E-state index is 0.000211. The molecule has 0 bridgehead atoms. The van der Waals surface area contributed by atoms with Crippen LogP contribution in [0.4, 0.5) is 5.82 Å². The highest BCUT2D eigenvalue weighted by atomic mass is 35.5. The molecule has 4 nitrogen and oxygen atoms in total. The van der Waals surface area contributed by atoms with Gasteiger partial charge in [-0.2, -0.15) is 11.3 Å². The number of halogens is 1. The van der Waals surface area contributed by atoms with Gasteiger partial charge in [-0.1, -0.05) is 30.9 Å². The number of hydrogen-bond acceptors (Lipinski definition) is 4. The summed E-state index contributed by atoms with van der Waals surface area (Å²) in [5, 5.41) is 12.1. The maximum atomic E-state index is 12.8. The fraction of sp³-hybridized carbons (Fsp3) is 0.400. The zero-order valence-corrected chi connectivity index (χ0v) is 13.1. The normalized spacial score (nSPS) is 15.9. The predicted octanol–water partition coefficient (Wildman–Crippen LogP) is 4.17. The van der Waals surface area contributed by atoms with Gasteiger partial charge in [-0.25, -0.2) is 0 Å². The number of hydrogen-bond donors (Lipinski definition) is 0. The summed E-state index contributed by atoms with van der Waals surface area (Å²) in [6.45, 7) is 0. The summed E-state index contributed by atoms with van der Waals surface area (Å²) < 4.78 is 0. The van der Waals surface area contributed by atoms with Gasteiger partial charge in [-0.15, -0.1) is 10.2 Å². The molecule has 0 unspecified atom stereocenters. The Labute approximate surface area is 132 Å². The molecule has 0 atom stereocenters. The molecule has 1 aliphatic rings. The average molecular weight is 322 g/mol. The number of thiophene rings is 1. The first-order valence-electron chi connectivity index (χ1n) is 7.11. The number of carbonyl (C=O) groups excluding carboxylic acids is 1. The topological polar surface area (TPSA) is 46.1 Å². The number of carbonyl (C=O) groups is 1. The van der Waals surface area contributed by atoms with Crippen LogP contribution in [0, 0.1) is 0 Å². The Hall–Kier alpha value is -1.46.